The Hall–Kier alpha value is -1.75. The van der Waals surface area contributed by atoms with Crippen molar-refractivity contribution in [2.75, 3.05) is 24.5 Å². The van der Waals surface area contributed by atoms with Crippen LogP contribution >= 0.6 is 0 Å². The van der Waals surface area contributed by atoms with Crippen LogP contribution in [0.5, 0.6) is 0 Å². The maximum Gasteiger partial charge on any atom is 0.191 e. The van der Waals surface area contributed by atoms with Crippen LogP contribution in [-0.4, -0.2) is 25.6 Å². The minimum atomic E-state index is 0.0870. The van der Waals surface area contributed by atoms with Crippen LogP contribution in [0.2, 0.25) is 0 Å². The maximum atomic E-state index is 5.75. The van der Waals surface area contributed by atoms with Crippen LogP contribution in [-0.2, 0) is 0 Å². The Morgan fingerprint density at radius 2 is 2.00 bits per heavy atom. The molecule has 1 aromatic rings. The van der Waals surface area contributed by atoms with Crippen molar-refractivity contribution in [3.63, 3.8) is 0 Å². The minimum Gasteiger partial charge on any atom is -0.371 e. The second-order valence-electron chi connectivity index (χ2n) is 4.74. The predicted octanol–water partition coefficient (Wildman–Crippen LogP) is 0.767. The van der Waals surface area contributed by atoms with Gasteiger partial charge in [0, 0.05) is 18.8 Å². The van der Waals surface area contributed by atoms with Crippen molar-refractivity contribution in [2.45, 2.75) is 12.8 Å². The van der Waals surface area contributed by atoms with Crippen molar-refractivity contribution in [3.05, 3.63) is 24.3 Å². The summed E-state index contributed by atoms with van der Waals surface area (Å²) < 4.78 is 0. The van der Waals surface area contributed by atoms with E-state index in [4.69, 9.17) is 17.2 Å². The molecule has 1 aliphatic rings. The number of aliphatic imine (C=N–C) groups is 1. The number of anilines is 1. The molecule has 0 bridgehead atoms. The summed E-state index contributed by atoms with van der Waals surface area (Å²) in [4.78, 5) is 6.39. The van der Waals surface area contributed by atoms with Gasteiger partial charge in [-0.05, 0) is 49.6 Å². The van der Waals surface area contributed by atoms with Crippen LogP contribution < -0.4 is 22.1 Å². The van der Waals surface area contributed by atoms with Gasteiger partial charge in [0.2, 0.25) is 0 Å². The van der Waals surface area contributed by atoms with Crippen LogP contribution in [0.1, 0.15) is 12.8 Å². The Balaban J connectivity index is 2.07. The van der Waals surface area contributed by atoms with E-state index in [1.807, 2.05) is 12.1 Å². The number of nitrogens with zero attached hydrogens (tertiary/aromatic N) is 2. The zero-order valence-electron chi connectivity index (χ0n) is 10.5. The number of nitrogens with two attached hydrogens (primary N) is 3. The number of hydrogen-bond donors (Lipinski definition) is 3. The van der Waals surface area contributed by atoms with E-state index in [9.17, 15) is 0 Å². The number of benzene rings is 1. The van der Waals surface area contributed by atoms with Crippen molar-refractivity contribution in [3.8, 4) is 0 Å². The van der Waals surface area contributed by atoms with Crippen molar-refractivity contribution >= 4 is 17.3 Å². The number of guanidine groups is 1. The molecule has 1 aliphatic heterocycles. The van der Waals surface area contributed by atoms with Crippen LogP contribution in [0, 0.1) is 5.92 Å². The van der Waals surface area contributed by atoms with Gasteiger partial charge in [0.25, 0.3) is 0 Å². The lowest BCUT2D eigenvalue weighted by Crippen LogP contribution is -2.38. The summed E-state index contributed by atoms with van der Waals surface area (Å²) in [6.45, 7) is 2.90. The summed E-state index contributed by atoms with van der Waals surface area (Å²) in [6, 6.07) is 7.98. The first-order chi connectivity index (χ1) is 8.69. The largest absolute Gasteiger partial charge is 0.371 e. The SMILES string of the molecule is NCC1CCCN(c2ccc(N=C(N)N)cc2)C1. The molecule has 18 heavy (non-hydrogen) atoms. The maximum absolute atomic E-state index is 5.75. The zero-order valence-corrected chi connectivity index (χ0v) is 10.5. The molecular formula is C13H21N5. The second kappa shape index (κ2) is 5.73. The molecule has 1 unspecified atom stereocenters. The molecule has 1 heterocycles. The summed E-state index contributed by atoms with van der Waals surface area (Å²) in [6.07, 6.45) is 2.44. The fourth-order valence-electron chi connectivity index (χ4n) is 2.38. The average molecular weight is 247 g/mol. The summed E-state index contributed by atoms with van der Waals surface area (Å²) in [5.74, 6) is 0.694. The molecule has 1 saturated heterocycles. The smallest absolute Gasteiger partial charge is 0.191 e. The quantitative estimate of drug-likeness (QED) is 0.543. The summed E-state index contributed by atoms with van der Waals surface area (Å²) in [7, 11) is 0. The highest BCUT2D eigenvalue weighted by atomic mass is 15.1. The molecule has 2 rings (SSSR count). The highest BCUT2D eigenvalue weighted by molar-refractivity contribution is 5.79. The molecule has 5 heteroatoms. The topological polar surface area (TPSA) is 93.7 Å². The van der Waals surface area contributed by atoms with Crippen molar-refractivity contribution in [2.24, 2.45) is 28.1 Å². The molecule has 0 aliphatic carbocycles. The molecule has 0 aromatic heterocycles. The fraction of sp³-hybridized carbons (Fsp3) is 0.462. The third-order valence-electron chi connectivity index (χ3n) is 3.33. The third kappa shape index (κ3) is 3.13. The summed E-state index contributed by atoms with van der Waals surface area (Å²) in [5, 5.41) is 0. The van der Waals surface area contributed by atoms with E-state index in [-0.39, 0.29) is 5.96 Å². The van der Waals surface area contributed by atoms with Gasteiger partial charge in [0.1, 0.15) is 0 Å². The van der Waals surface area contributed by atoms with Gasteiger partial charge in [-0.25, -0.2) is 4.99 Å². The number of hydrogen-bond acceptors (Lipinski definition) is 3. The lowest BCUT2D eigenvalue weighted by Gasteiger charge is -2.33. The molecule has 1 aromatic carbocycles. The first kappa shape index (κ1) is 12.7. The lowest BCUT2D eigenvalue weighted by molar-refractivity contribution is 0.423. The van der Waals surface area contributed by atoms with Crippen LogP contribution in [0.3, 0.4) is 0 Å². The molecular weight excluding hydrogens is 226 g/mol. The van der Waals surface area contributed by atoms with Gasteiger partial charge in [0.05, 0.1) is 5.69 Å². The highest BCUT2D eigenvalue weighted by Gasteiger charge is 2.18. The lowest BCUT2D eigenvalue weighted by atomic mass is 9.98. The van der Waals surface area contributed by atoms with Crippen LogP contribution in [0.4, 0.5) is 11.4 Å². The van der Waals surface area contributed by atoms with E-state index < -0.39 is 0 Å². The van der Waals surface area contributed by atoms with Gasteiger partial charge in [-0.1, -0.05) is 0 Å². The normalized spacial score (nSPS) is 19.6. The zero-order chi connectivity index (χ0) is 13.0. The molecule has 5 nitrogen and oxygen atoms in total. The summed E-state index contributed by atoms with van der Waals surface area (Å²) in [5.41, 5.74) is 18.4. The molecule has 6 N–H and O–H groups in total. The van der Waals surface area contributed by atoms with E-state index in [1.54, 1.807) is 0 Å². The van der Waals surface area contributed by atoms with Gasteiger partial charge < -0.3 is 22.1 Å². The first-order valence-electron chi connectivity index (χ1n) is 6.33. The van der Waals surface area contributed by atoms with Crippen molar-refractivity contribution < 1.29 is 0 Å². The molecule has 1 fully saturated rings. The van der Waals surface area contributed by atoms with Crippen molar-refractivity contribution in [1.29, 1.82) is 0 Å². The fourth-order valence-corrected chi connectivity index (χ4v) is 2.38. The van der Waals surface area contributed by atoms with E-state index in [1.165, 1.54) is 18.5 Å². The Morgan fingerprint density at radius 1 is 1.28 bits per heavy atom. The number of piperidine rings is 1. The molecule has 0 radical (unpaired) electrons. The predicted molar refractivity (Wildman–Crippen MR) is 75.9 cm³/mol. The van der Waals surface area contributed by atoms with Crippen LogP contribution in [0.15, 0.2) is 29.3 Å². The third-order valence-corrected chi connectivity index (χ3v) is 3.33. The second-order valence-corrected chi connectivity index (χ2v) is 4.74. The van der Waals surface area contributed by atoms with E-state index in [0.29, 0.717) is 5.92 Å². The van der Waals surface area contributed by atoms with Gasteiger partial charge in [-0.2, -0.15) is 0 Å². The van der Waals surface area contributed by atoms with E-state index >= 15 is 0 Å². The molecule has 98 valence electrons. The first-order valence-corrected chi connectivity index (χ1v) is 6.33. The molecule has 0 spiro atoms. The Labute approximate surface area is 108 Å². The van der Waals surface area contributed by atoms with Crippen molar-refractivity contribution in [1.82, 2.24) is 0 Å². The van der Waals surface area contributed by atoms with E-state index in [2.05, 4.69) is 22.0 Å². The standard InChI is InChI=1S/C13H21N5/c14-8-10-2-1-7-18(9-10)12-5-3-11(4-6-12)17-13(15)16/h3-6,10H,1-2,7-9,14H2,(H4,15,16,17). The average Bonchev–Trinajstić information content (AvgIpc) is 2.39. The van der Waals surface area contributed by atoms with Gasteiger partial charge >= 0.3 is 0 Å². The molecule has 0 amide bonds. The van der Waals surface area contributed by atoms with Gasteiger partial charge in [-0.3, -0.25) is 0 Å². The minimum absolute atomic E-state index is 0.0870. The Kier molecular flexibility index (Phi) is 4.04. The Bertz CT molecular complexity index is 408. The monoisotopic (exact) mass is 247 g/mol. The van der Waals surface area contributed by atoms with Gasteiger partial charge in [-0.15, -0.1) is 0 Å². The molecule has 1 atom stereocenters. The van der Waals surface area contributed by atoms with E-state index in [0.717, 1.165) is 25.3 Å². The highest BCUT2D eigenvalue weighted by Crippen LogP contribution is 2.24. The number of rotatable bonds is 3. The van der Waals surface area contributed by atoms with Gasteiger partial charge in [0.15, 0.2) is 5.96 Å². The summed E-state index contributed by atoms with van der Waals surface area (Å²) >= 11 is 0. The van der Waals surface area contributed by atoms with Crippen LogP contribution in [0.25, 0.3) is 0 Å². The Morgan fingerprint density at radius 3 is 2.61 bits per heavy atom. The molecule has 0 saturated carbocycles.